The standard InChI is InChI=1S/C18H21BrN4O3/c1-11-12(19)5-3-6-13(11)21-18(25)15-9-16-14(20-10-17(24)26-2)7-4-8-23(16)22-15/h3,5-6,9,14,20H,4,7-8,10H2,1-2H3,(H,21,25)/t14-/m0/s1. The first-order valence-electron chi connectivity index (χ1n) is 8.44. The number of hydrogen-bond acceptors (Lipinski definition) is 5. The van der Waals surface area contributed by atoms with Crippen LogP contribution in [-0.4, -0.2) is 35.3 Å². The molecule has 138 valence electrons. The number of ether oxygens (including phenoxy) is 1. The second-order valence-corrected chi connectivity index (χ2v) is 7.05. The number of amides is 1. The van der Waals surface area contributed by atoms with E-state index in [1.54, 1.807) is 6.07 Å². The SMILES string of the molecule is COC(=O)CN[C@H]1CCCn2nc(C(=O)Nc3cccc(Br)c3C)cc21. The van der Waals surface area contributed by atoms with E-state index in [1.807, 2.05) is 29.8 Å². The van der Waals surface area contributed by atoms with Crippen molar-refractivity contribution in [3.05, 3.63) is 45.7 Å². The van der Waals surface area contributed by atoms with Crippen molar-refractivity contribution >= 4 is 33.5 Å². The zero-order valence-electron chi connectivity index (χ0n) is 14.7. The first kappa shape index (κ1) is 18.6. The molecule has 2 aromatic rings. The Morgan fingerprint density at radius 2 is 2.23 bits per heavy atom. The van der Waals surface area contributed by atoms with E-state index in [4.69, 9.17) is 0 Å². The monoisotopic (exact) mass is 420 g/mol. The summed E-state index contributed by atoms with van der Waals surface area (Å²) >= 11 is 3.46. The highest BCUT2D eigenvalue weighted by atomic mass is 79.9. The van der Waals surface area contributed by atoms with Crippen molar-refractivity contribution in [2.45, 2.75) is 32.4 Å². The molecule has 0 bridgehead atoms. The summed E-state index contributed by atoms with van der Waals surface area (Å²) in [6, 6.07) is 7.42. The zero-order chi connectivity index (χ0) is 18.7. The quantitative estimate of drug-likeness (QED) is 0.726. The predicted octanol–water partition coefficient (Wildman–Crippen LogP) is 2.80. The molecule has 26 heavy (non-hydrogen) atoms. The van der Waals surface area contributed by atoms with Gasteiger partial charge in [0, 0.05) is 22.7 Å². The number of hydrogen-bond donors (Lipinski definition) is 2. The van der Waals surface area contributed by atoms with Crippen molar-refractivity contribution < 1.29 is 14.3 Å². The summed E-state index contributed by atoms with van der Waals surface area (Å²) in [6.07, 6.45) is 1.81. The van der Waals surface area contributed by atoms with Gasteiger partial charge in [-0.15, -0.1) is 0 Å². The zero-order valence-corrected chi connectivity index (χ0v) is 16.3. The lowest BCUT2D eigenvalue weighted by Crippen LogP contribution is -2.32. The lowest BCUT2D eigenvalue weighted by atomic mass is 10.0. The number of carbonyl (C=O) groups excluding carboxylic acids is 2. The summed E-state index contributed by atoms with van der Waals surface area (Å²) in [4.78, 5) is 24.0. The van der Waals surface area contributed by atoms with Gasteiger partial charge in [0.2, 0.25) is 0 Å². The van der Waals surface area contributed by atoms with Crippen molar-refractivity contribution in [2.24, 2.45) is 0 Å². The number of halogens is 1. The highest BCUT2D eigenvalue weighted by molar-refractivity contribution is 9.10. The number of aromatic nitrogens is 2. The van der Waals surface area contributed by atoms with Crippen LogP contribution in [-0.2, 0) is 16.1 Å². The van der Waals surface area contributed by atoms with Gasteiger partial charge in [-0.25, -0.2) is 0 Å². The average Bonchev–Trinajstić information content (AvgIpc) is 3.08. The molecule has 2 heterocycles. The molecule has 0 fully saturated rings. The summed E-state index contributed by atoms with van der Waals surface area (Å²) in [5.74, 6) is -0.565. The number of esters is 1. The van der Waals surface area contributed by atoms with E-state index in [9.17, 15) is 9.59 Å². The molecule has 0 radical (unpaired) electrons. The summed E-state index contributed by atoms with van der Waals surface area (Å²) in [5, 5.41) is 10.5. The molecule has 1 aromatic heterocycles. The molecule has 8 heteroatoms. The summed E-state index contributed by atoms with van der Waals surface area (Å²) in [5.41, 5.74) is 2.99. The molecule has 0 saturated heterocycles. The number of benzene rings is 1. The van der Waals surface area contributed by atoms with E-state index in [1.165, 1.54) is 7.11 Å². The van der Waals surface area contributed by atoms with Gasteiger partial charge in [0.1, 0.15) is 0 Å². The fourth-order valence-electron chi connectivity index (χ4n) is 3.01. The number of fused-ring (bicyclic) bond motifs is 1. The minimum absolute atomic E-state index is 0.0236. The normalized spacial score (nSPS) is 16.0. The van der Waals surface area contributed by atoms with Crippen LogP contribution in [0.15, 0.2) is 28.7 Å². The van der Waals surface area contributed by atoms with Crippen molar-refractivity contribution in [1.29, 1.82) is 0 Å². The van der Waals surface area contributed by atoms with Crippen molar-refractivity contribution in [2.75, 3.05) is 19.0 Å². The topological polar surface area (TPSA) is 85.2 Å². The fourth-order valence-corrected chi connectivity index (χ4v) is 3.38. The lowest BCUT2D eigenvalue weighted by Gasteiger charge is -2.24. The molecule has 2 N–H and O–H groups in total. The molecule has 0 aliphatic carbocycles. The molecular formula is C18H21BrN4O3. The molecule has 7 nitrogen and oxygen atoms in total. The Morgan fingerprint density at radius 1 is 1.42 bits per heavy atom. The Labute approximate surface area is 160 Å². The van der Waals surface area contributed by atoms with E-state index >= 15 is 0 Å². The van der Waals surface area contributed by atoms with Gasteiger partial charge in [-0.2, -0.15) is 5.10 Å². The van der Waals surface area contributed by atoms with Gasteiger partial charge >= 0.3 is 5.97 Å². The Morgan fingerprint density at radius 3 is 3.00 bits per heavy atom. The van der Waals surface area contributed by atoms with E-state index in [0.29, 0.717) is 5.69 Å². The Balaban J connectivity index is 1.76. The molecule has 1 atom stereocenters. The third-order valence-electron chi connectivity index (χ3n) is 4.50. The molecule has 1 amide bonds. The van der Waals surface area contributed by atoms with Gasteiger partial charge in [0.15, 0.2) is 5.69 Å². The molecule has 0 unspecified atom stereocenters. The predicted molar refractivity (Wildman–Crippen MR) is 101 cm³/mol. The summed E-state index contributed by atoms with van der Waals surface area (Å²) < 4.78 is 7.44. The summed E-state index contributed by atoms with van der Waals surface area (Å²) in [7, 11) is 1.36. The van der Waals surface area contributed by atoms with Gasteiger partial charge in [0.25, 0.3) is 5.91 Å². The Bertz CT molecular complexity index is 834. The summed E-state index contributed by atoms with van der Waals surface area (Å²) in [6.45, 7) is 2.82. The molecule has 0 saturated carbocycles. The van der Waals surface area contributed by atoms with E-state index in [0.717, 1.165) is 40.8 Å². The minimum Gasteiger partial charge on any atom is -0.468 e. The first-order chi connectivity index (χ1) is 12.5. The molecule has 0 spiro atoms. The fraction of sp³-hybridized carbons (Fsp3) is 0.389. The molecular weight excluding hydrogens is 400 g/mol. The van der Waals surface area contributed by atoms with Gasteiger partial charge in [-0.1, -0.05) is 22.0 Å². The highest BCUT2D eigenvalue weighted by Gasteiger charge is 2.25. The van der Waals surface area contributed by atoms with E-state index < -0.39 is 0 Å². The number of carbonyl (C=O) groups is 2. The third kappa shape index (κ3) is 3.96. The maximum Gasteiger partial charge on any atom is 0.319 e. The number of rotatable bonds is 5. The Kier molecular flexibility index (Phi) is 5.73. The van der Waals surface area contributed by atoms with Gasteiger partial charge in [0.05, 0.1) is 19.3 Å². The van der Waals surface area contributed by atoms with E-state index in [2.05, 4.69) is 36.4 Å². The molecule has 3 rings (SSSR count). The molecule has 1 aliphatic rings. The van der Waals surface area contributed by atoms with Crippen LogP contribution in [0, 0.1) is 6.92 Å². The third-order valence-corrected chi connectivity index (χ3v) is 5.36. The number of nitrogens with zero attached hydrogens (tertiary/aromatic N) is 2. The smallest absolute Gasteiger partial charge is 0.319 e. The average molecular weight is 421 g/mol. The maximum atomic E-state index is 12.6. The highest BCUT2D eigenvalue weighted by Crippen LogP contribution is 2.27. The number of nitrogens with one attached hydrogen (secondary N) is 2. The van der Waals surface area contributed by atoms with Crippen LogP contribution in [0.25, 0.3) is 0 Å². The van der Waals surface area contributed by atoms with Crippen molar-refractivity contribution in [3.8, 4) is 0 Å². The number of aryl methyl sites for hydroxylation is 1. The number of methoxy groups -OCH3 is 1. The largest absolute Gasteiger partial charge is 0.468 e. The molecule has 1 aromatic carbocycles. The van der Waals surface area contributed by atoms with Crippen LogP contribution < -0.4 is 10.6 Å². The van der Waals surface area contributed by atoms with Gasteiger partial charge in [-0.3, -0.25) is 19.6 Å². The van der Waals surface area contributed by atoms with Crippen LogP contribution in [0.5, 0.6) is 0 Å². The van der Waals surface area contributed by atoms with Crippen LogP contribution in [0.4, 0.5) is 5.69 Å². The first-order valence-corrected chi connectivity index (χ1v) is 9.23. The van der Waals surface area contributed by atoms with Gasteiger partial charge < -0.3 is 10.1 Å². The minimum atomic E-state index is -0.315. The lowest BCUT2D eigenvalue weighted by molar-refractivity contribution is -0.139. The van der Waals surface area contributed by atoms with Crippen LogP contribution in [0.1, 0.15) is 40.6 Å². The van der Waals surface area contributed by atoms with Gasteiger partial charge in [-0.05, 0) is 43.5 Å². The van der Waals surface area contributed by atoms with Crippen molar-refractivity contribution in [1.82, 2.24) is 15.1 Å². The van der Waals surface area contributed by atoms with Crippen LogP contribution in [0.3, 0.4) is 0 Å². The maximum absolute atomic E-state index is 12.6. The van der Waals surface area contributed by atoms with Crippen LogP contribution in [0.2, 0.25) is 0 Å². The second-order valence-electron chi connectivity index (χ2n) is 6.20. The number of anilines is 1. The second kappa shape index (κ2) is 8.01. The molecule has 1 aliphatic heterocycles. The Hall–Kier alpha value is -2.19. The van der Waals surface area contributed by atoms with E-state index in [-0.39, 0.29) is 24.5 Å². The van der Waals surface area contributed by atoms with Crippen molar-refractivity contribution in [3.63, 3.8) is 0 Å². The van der Waals surface area contributed by atoms with Crippen LogP contribution >= 0.6 is 15.9 Å².